The van der Waals surface area contributed by atoms with Crippen LogP contribution in [0.2, 0.25) is 0 Å². The van der Waals surface area contributed by atoms with Crippen LogP contribution in [0, 0.1) is 6.92 Å². The number of carbonyl (C=O) groups is 1. The molecule has 1 amide bonds. The maximum Gasteiger partial charge on any atom is 0.278 e. The lowest BCUT2D eigenvalue weighted by Gasteiger charge is -2.21. The third-order valence-electron chi connectivity index (χ3n) is 7.22. The van der Waals surface area contributed by atoms with Crippen LogP contribution in [0.1, 0.15) is 56.4 Å². The molecule has 0 saturated heterocycles. The fourth-order valence-electron chi connectivity index (χ4n) is 4.47. The van der Waals surface area contributed by atoms with E-state index < -0.39 is 5.91 Å². The van der Waals surface area contributed by atoms with Crippen LogP contribution in [-0.4, -0.2) is 122 Å². The van der Waals surface area contributed by atoms with Gasteiger partial charge in [-0.1, -0.05) is 45.9 Å². The van der Waals surface area contributed by atoms with Crippen molar-refractivity contribution in [3.63, 3.8) is 0 Å². The molecule has 2 aromatic carbocycles. The van der Waals surface area contributed by atoms with E-state index in [9.17, 15) is 4.79 Å². The molecule has 0 aliphatic heterocycles. The Morgan fingerprint density at radius 3 is 1.75 bits per heavy atom. The molecule has 14 heteroatoms. The summed E-state index contributed by atoms with van der Waals surface area (Å²) in [5, 5.41) is 11.4. The molecule has 0 aliphatic rings. The summed E-state index contributed by atoms with van der Waals surface area (Å²) in [5.74, 6) is 1.27. The molecule has 0 saturated carbocycles. The number of methoxy groups -OCH3 is 3. The molecular formula is C37H58N4O10. The van der Waals surface area contributed by atoms with E-state index >= 15 is 0 Å². The highest BCUT2D eigenvalue weighted by atomic mass is 16.6. The van der Waals surface area contributed by atoms with Crippen molar-refractivity contribution in [1.82, 2.24) is 15.0 Å². The van der Waals surface area contributed by atoms with Gasteiger partial charge < -0.3 is 47.9 Å². The number of hydrogen-bond donors (Lipinski definition) is 1. The van der Waals surface area contributed by atoms with Gasteiger partial charge in [-0.25, -0.2) is 4.68 Å². The number of rotatable bonds is 24. The predicted molar refractivity (Wildman–Crippen MR) is 195 cm³/mol. The molecule has 286 valence electrons. The van der Waals surface area contributed by atoms with Gasteiger partial charge in [0.15, 0.2) is 5.69 Å². The zero-order chi connectivity index (χ0) is 37.5. The largest absolute Gasteiger partial charge is 0.497 e. The second-order valence-corrected chi connectivity index (χ2v) is 11.8. The Morgan fingerprint density at radius 1 is 0.706 bits per heavy atom. The van der Waals surface area contributed by atoms with Crippen LogP contribution in [0.25, 0.3) is 5.69 Å². The van der Waals surface area contributed by atoms with Crippen molar-refractivity contribution < 1.29 is 47.4 Å². The first-order valence-corrected chi connectivity index (χ1v) is 17.3. The second-order valence-electron chi connectivity index (χ2n) is 11.8. The van der Waals surface area contributed by atoms with Crippen LogP contribution in [0.15, 0.2) is 36.4 Å². The minimum atomic E-state index is -0.422. The van der Waals surface area contributed by atoms with Gasteiger partial charge in [0, 0.05) is 13.2 Å². The highest BCUT2D eigenvalue weighted by molar-refractivity contribution is 6.04. The first-order valence-electron chi connectivity index (χ1n) is 17.3. The number of hydrogen-bond acceptors (Lipinski definition) is 12. The van der Waals surface area contributed by atoms with Crippen molar-refractivity contribution in [3.8, 4) is 22.9 Å². The standard InChI is InChI=1S/C35H52N4O10.C2H6/c1-26-33(37-38-39(26)30-25-28(42-6)9-11-32(30)43-7)34(40)36-29-24-27(35(2,3)4)8-10-31(29)49-23-22-48-21-20-47-19-18-46-17-16-45-15-14-44-13-12-41-5;1-2/h8-11,24-25H,12-23H2,1-7H3,(H,36,40);1-2H3. The van der Waals surface area contributed by atoms with Gasteiger partial charge in [-0.15, -0.1) is 5.10 Å². The average Bonchev–Trinajstić information content (AvgIpc) is 3.52. The number of carbonyl (C=O) groups excluding carboxylic acids is 1. The Labute approximate surface area is 302 Å². The molecule has 1 N–H and O–H groups in total. The van der Waals surface area contributed by atoms with Crippen molar-refractivity contribution in [1.29, 1.82) is 0 Å². The molecule has 1 heterocycles. The number of anilines is 1. The van der Waals surface area contributed by atoms with Crippen LogP contribution in [0.3, 0.4) is 0 Å². The Hall–Kier alpha value is -3.79. The van der Waals surface area contributed by atoms with Gasteiger partial charge in [-0.2, -0.15) is 0 Å². The van der Waals surface area contributed by atoms with E-state index in [1.165, 1.54) is 0 Å². The quantitative estimate of drug-likeness (QED) is 0.121. The lowest BCUT2D eigenvalue weighted by atomic mass is 9.87. The molecule has 0 aliphatic carbocycles. The summed E-state index contributed by atoms with van der Waals surface area (Å²) < 4.78 is 50.8. The molecule has 0 bridgehead atoms. The molecule has 0 radical (unpaired) electrons. The molecule has 0 atom stereocenters. The highest BCUT2D eigenvalue weighted by Crippen LogP contribution is 2.33. The zero-order valence-corrected chi connectivity index (χ0v) is 31.9. The maximum absolute atomic E-state index is 13.5. The van der Waals surface area contributed by atoms with Gasteiger partial charge >= 0.3 is 0 Å². The Bertz CT molecular complexity index is 1410. The van der Waals surface area contributed by atoms with Gasteiger partial charge in [0.1, 0.15) is 29.5 Å². The number of ether oxygens (including phenoxy) is 9. The van der Waals surface area contributed by atoms with E-state index in [0.717, 1.165) is 5.56 Å². The molecule has 51 heavy (non-hydrogen) atoms. The van der Waals surface area contributed by atoms with E-state index in [2.05, 4.69) is 36.4 Å². The first-order chi connectivity index (χ1) is 24.7. The van der Waals surface area contributed by atoms with Crippen molar-refractivity contribution in [3.05, 3.63) is 53.3 Å². The van der Waals surface area contributed by atoms with Crippen molar-refractivity contribution in [2.45, 2.75) is 47.0 Å². The molecule has 3 aromatic rings. The van der Waals surface area contributed by atoms with Crippen molar-refractivity contribution in [2.75, 3.05) is 106 Å². The number of nitrogens with one attached hydrogen (secondary N) is 1. The normalized spacial score (nSPS) is 11.2. The number of amides is 1. The van der Waals surface area contributed by atoms with E-state index in [1.807, 2.05) is 32.0 Å². The summed E-state index contributed by atoms with van der Waals surface area (Å²) >= 11 is 0. The monoisotopic (exact) mass is 718 g/mol. The van der Waals surface area contributed by atoms with Gasteiger partial charge in [-0.3, -0.25) is 4.79 Å². The van der Waals surface area contributed by atoms with Crippen molar-refractivity contribution >= 4 is 11.6 Å². The summed E-state index contributed by atoms with van der Waals surface area (Å²) in [7, 11) is 4.78. The topological polar surface area (TPSA) is 143 Å². The van der Waals surface area contributed by atoms with Crippen molar-refractivity contribution in [2.24, 2.45) is 0 Å². The van der Waals surface area contributed by atoms with Gasteiger partial charge in [0.2, 0.25) is 0 Å². The molecular weight excluding hydrogens is 660 g/mol. The third kappa shape index (κ3) is 15.2. The summed E-state index contributed by atoms with van der Waals surface area (Å²) in [6, 6.07) is 11.1. The Morgan fingerprint density at radius 2 is 1.24 bits per heavy atom. The smallest absolute Gasteiger partial charge is 0.278 e. The third-order valence-corrected chi connectivity index (χ3v) is 7.22. The molecule has 0 fully saturated rings. The molecule has 0 unspecified atom stereocenters. The first kappa shape index (κ1) is 43.4. The molecule has 1 aromatic heterocycles. The Balaban J connectivity index is 0.00000442. The minimum Gasteiger partial charge on any atom is -0.497 e. The van der Waals surface area contributed by atoms with Gasteiger partial charge in [-0.05, 0) is 42.2 Å². The van der Waals surface area contributed by atoms with Crippen LogP contribution in [-0.2, 0) is 33.8 Å². The van der Waals surface area contributed by atoms with E-state index in [1.54, 1.807) is 51.1 Å². The van der Waals surface area contributed by atoms with E-state index in [-0.39, 0.29) is 17.7 Å². The Kier molecular flexibility index (Phi) is 20.8. The summed E-state index contributed by atoms with van der Waals surface area (Å²) in [5.41, 5.74) is 2.70. The average molecular weight is 719 g/mol. The summed E-state index contributed by atoms with van der Waals surface area (Å²) in [6.07, 6.45) is 0. The summed E-state index contributed by atoms with van der Waals surface area (Å²) in [6.45, 7) is 17.7. The predicted octanol–water partition coefficient (Wildman–Crippen LogP) is 5.28. The molecule has 14 nitrogen and oxygen atoms in total. The lowest BCUT2D eigenvalue weighted by Crippen LogP contribution is -2.18. The lowest BCUT2D eigenvalue weighted by molar-refractivity contribution is -0.0159. The number of aromatic nitrogens is 3. The fraction of sp³-hybridized carbons (Fsp3) is 0.595. The van der Waals surface area contributed by atoms with Crippen LogP contribution in [0.4, 0.5) is 5.69 Å². The van der Waals surface area contributed by atoms with Gasteiger partial charge in [0.05, 0.1) is 98.3 Å². The minimum absolute atomic E-state index is 0.151. The molecule has 0 spiro atoms. The summed E-state index contributed by atoms with van der Waals surface area (Å²) in [4.78, 5) is 13.5. The van der Waals surface area contributed by atoms with E-state index in [4.69, 9.17) is 42.6 Å². The SMILES string of the molecule is CC.COCCOCCOCCOCCOCCOCCOc1ccc(C(C)(C)C)cc1NC(=O)c1nnn(-c2cc(OC)ccc2OC)c1C. The van der Waals surface area contributed by atoms with Gasteiger partial charge in [0.25, 0.3) is 5.91 Å². The maximum atomic E-state index is 13.5. The van der Waals surface area contributed by atoms with Crippen LogP contribution < -0.4 is 19.5 Å². The van der Waals surface area contributed by atoms with Crippen LogP contribution >= 0.6 is 0 Å². The number of benzene rings is 2. The highest BCUT2D eigenvalue weighted by Gasteiger charge is 2.22. The van der Waals surface area contributed by atoms with E-state index in [0.29, 0.717) is 107 Å². The second kappa shape index (κ2) is 24.4. The number of nitrogens with zero attached hydrogens (tertiary/aromatic N) is 3. The zero-order valence-electron chi connectivity index (χ0n) is 31.9. The molecule has 3 rings (SSSR count). The fourth-order valence-corrected chi connectivity index (χ4v) is 4.47. The van der Waals surface area contributed by atoms with Crippen LogP contribution in [0.5, 0.6) is 17.2 Å².